The van der Waals surface area contributed by atoms with Crippen molar-refractivity contribution in [1.29, 1.82) is 0 Å². The summed E-state index contributed by atoms with van der Waals surface area (Å²) in [5.41, 5.74) is 2.47. The number of fused-ring (bicyclic) bond motifs is 1. The zero-order valence-electron chi connectivity index (χ0n) is 17.0. The van der Waals surface area contributed by atoms with Crippen LogP contribution in [0.3, 0.4) is 0 Å². The molecule has 0 spiro atoms. The maximum absolute atomic E-state index is 13.2. The number of rotatable bonds is 4. The molecular weight excluding hydrogens is 420 g/mol. The first kappa shape index (κ1) is 20.0. The Morgan fingerprint density at radius 3 is 2.53 bits per heavy atom. The molecule has 2 aliphatic rings. The smallest absolute Gasteiger partial charge is 0.243 e. The van der Waals surface area contributed by atoms with E-state index in [0.29, 0.717) is 34.5 Å². The molecule has 1 aliphatic heterocycles. The first-order valence-corrected chi connectivity index (χ1v) is 12.4. The first-order chi connectivity index (χ1) is 14.5. The third kappa shape index (κ3) is 3.24. The van der Waals surface area contributed by atoms with E-state index in [9.17, 15) is 8.42 Å². The number of piperidine rings is 1. The molecular formula is C22H25ClN4O2S. The molecule has 0 unspecified atom stereocenters. The van der Waals surface area contributed by atoms with Gasteiger partial charge in [-0.3, -0.25) is 0 Å². The normalized spacial score (nSPS) is 19.3. The van der Waals surface area contributed by atoms with Gasteiger partial charge in [-0.05, 0) is 62.4 Å². The van der Waals surface area contributed by atoms with Gasteiger partial charge in [-0.25, -0.2) is 18.4 Å². The Morgan fingerprint density at radius 1 is 1.07 bits per heavy atom. The van der Waals surface area contributed by atoms with Gasteiger partial charge in [-0.2, -0.15) is 4.31 Å². The van der Waals surface area contributed by atoms with E-state index >= 15 is 0 Å². The number of aromatic nitrogens is 3. The van der Waals surface area contributed by atoms with Gasteiger partial charge < -0.3 is 4.57 Å². The van der Waals surface area contributed by atoms with Crippen molar-refractivity contribution < 1.29 is 8.42 Å². The number of sulfonamides is 1. The summed E-state index contributed by atoms with van der Waals surface area (Å²) in [6.45, 7) is 2.72. The van der Waals surface area contributed by atoms with Gasteiger partial charge >= 0.3 is 0 Å². The summed E-state index contributed by atoms with van der Waals surface area (Å²) in [6.07, 6.45) is 6.90. The van der Waals surface area contributed by atoms with Crippen molar-refractivity contribution in [3.05, 3.63) is 52.9 Å². The minimum absolute atomic E-state index is 0.215. The van der Waals surface area contributed by atoms with Crippen molar-refractivity contribution in [3.8, 4) is 0 Å². The van der Waals surface area contributed by atoms with Crippen LogP contribution in [0.5, 0.6) is 0 Å². The van der Waals surface area contributed by atoms with Crippen LogP contribution < -0.4 is 0 Å². The largest absolute Gasteiger partial charge is 0.309 e. The van der Waals surface area contributed by atoms with Gasteiger partial charge in [-0.1, -0.05) is 24.1 Å². The summed E-state index contributed by atoms with van der Waals surface area (Å²) in [5, 5.41) is 0.479. The Bertz CT molecular complexity index is 1200. The fourth-order valence-electron chi connectivity index (χ4n) is 4.61. The summed E-state index contributed by atoms with van der Waals surface area (Å²) in [7, 11) is -3.56. The lowest BCUT2D eigenvalue weighted by atomic mass is 9.84. The minimum Gasteiger partial charge on any atom is -0.309 e. The number of imidazole rings is 1. The second-order valence-corrected chi connectivity index (χ2v) is 10.6. The van der Waals surface area contributed by atoms with Gasteiger partial charge in [0.2, 0.25) is 10.0 Å². The lowest BCUT2D eigenvalue weighted by Crippen LogP contribution is -2.39. The van der Waals surface area contributed by atoms with Crippen LogP contribution >= 0.6 is 11.6 Å². The lowest BCUT2D eigenvalue weighted by molar-refractivity contribution is 0.264. The van der Waals surface area contributed by atoms with E-state index in [1.165, 1.54) is 19.3 Å². The Kier molecular flexibility index (Phi) is 5.08. The van der Waals surface area contributed by atoms with Gasteiger partial charge in [0, 0.05) is 36.3 Å². The Morgan fingerprint density at radius 2 is 1.83 bits per heavy atom. The standard InChI is InChI=1S/C22H25ClN4O2S/c1-15-18(23)7-3-9-20(15)30(28,29)26-13-10-17(11-14-26)27-21(16-5-2-6-16)25-19-8-4-12-24-22(19)27/h3-4,7-9,12,16-17H,2,5-6,10-11,13-14H2,1H3. The zero-order chi connectivity index (χ0) is 20.9. The van der Waals surface area contributed by atoms with E-state index in [0.717, 1.165) is 29.8 Å². The predicted octanol–water partition coefficient (Wildman–Crippen LogP) is 4.69. The molecule has 0 amide bonds. The van der Waals surface area contributed by atoms with Gasteiger partial charge in [-0.15, -0.1) is 0 Å². The van der Waals surface area contributed by atoms with Crippen LogP contribution in [0.1, 0.15) is 55.5 Å². The average Bonchev–Trinajstić information content (AvgIpc) is 3.07. The fraction of sp³-hybridized carbons (Fsp3) is 0.455. The summed E-state index contributed by atoms with van der Waals surface area (Å²) >= 11 is 6.17. The van der Waals surface area contributed by atoms with Crippen LogP contribution in [0.15, 0.2) is 41.4 Å². The molecule has 1 saturated carbocycles. The third-order valence-electron chi connectivity index (χ3n) is 6.57. The Labute approximate surface area is 181 Å². The second kappa shape index (κ2) is 7.62. The quantitative estimate of drug-likeness (QED) is 0.585. The van der Waals surface area contributed by atoms with E-state index in [2.05, 4.69) is 9.55 Å². The molecule has 3 heterocycles. The molecule has 0 atom stereocenters. The minimum atomic E-state index is -3.56. The number of nitrogens with zero attached hydrogens (tertiary/aromatic N) is 4. The maximum Gasteiger partial charge on any atom is 0.243 e. The molecule has 30 heavy (non-hydrogen) atoms. The van der Waals surface area contributed by atoms with Gasteiger partial charge in [0.15, 0.2) is 5.65 Å². The number of halogens is 1. The number of hydrogen-bond acceptors (Lipinski definition) is 4. The molecule has 0 radical (unpaired) electrons. The molecule has 6 nitrogen and oxygen atoms in total. The van der Waals surface area contributed by atoms with Crippen LogP contribution in [0.4, 0.5) is 0 Å². The molecule has 2 fully saturated rings. The lowest BCUT2D eigenvalue weighted by Gasteiger charge is -2.34. The summed E-state index contributed by atoms with van der Waals surface area (Å²) in [6, 6.07) is 9.22. The van der Waals surface area contributed by atoms with Crippen molar-refractivity contribution in [1.82, 2.24) is 18.8 Å². The SMILES string of the molecule is Cc1c(Cl)cccc1S(=O)(=O)N1CCC(n2c(C3CCC3)nc3cccnc32)CC1. The summed E-state index contributed by atoms with van der Waals surface area (Å²) in [5.74, 6) is 1.62. The fourth-order valence-corrected chi connectivity index (χ4v) is 6.56. The molecule has 8 heteroatoms. The third-order valence-corrected chi connectivity index (χ3v) is 9.02. The van der Waals surface area contributed by atoms with E-state index in [1.54, 1.807) is 29.4 Å². The van der Waals surface area contributed by atoms with Crippen molar-refractivity contribution in [2.75, 3.05) is 13.1 Å². The highest BCUT2D eigenvalue weighted by Gasteiger charge is 2.34. The van der Waals surface area contributed by atoms with Gasteiger partial charge in [0.25, 0.3) is 0 Å². The van der Waals surface area contributed by atoms with Crippen LogP contribution in [0.25, 0.3) is 11.2 Å². The number of pyridine rings is 1. The van der Waals surface area contributed by atoms with E-state index in [1.807, 2.05) is 18.3 Å². The molecule has 158 valence electrons. The topological polar surface area (TPSA) is 68.1 Å². The maximum atomic E-state index is 13.2. The summed E-state index contributed by atoms with van der Waals surface area (Å²) in [4.78, 5) is 9.81. The highest BCUT2D eigenvalue weighted by molar-refractivity contribution is 7.89. The monoisotopic (exact) mass is 444 g/mol. The molecule has 0 N–H and O–H groups in total. The molecule has 1 saturated heterocycles. The molecule has 5 rings (SSSR count). The average molecular weight is 445 g/mol. The zero-order valence-corrected chi connectivity index (χ0v) is 18.5. The van der Waals surface area contributed by atoms with E-state index in [4.69, 9.17) is 16.6 Å². The van der Waals surface area contributed by atoms with Gasteiger partial charge in [0.1, 0.15) is 11.3 Å². The van der Waals surface area contributed by atoms with Crippen molar-refractivity contribution >= 4 is 32.8 Å². The molecule has 1 aromatic carbocycles. The van der Waals surface area contributed by atoms with Gasteiger partial charge in [0.05, 0.1) is 4.90 Å². The van der Waals surface area contributed by atoms with E-state index < -0.39 is 10.0 Å². The van der Waals surface area contributed by atoms with Crippen LogP contribution in [-0.2, 0) is 10.0 Å². The Balaban J connectivity index is 1.42. The second-order valence-electron chi connectivity index (χ2n) is 8.31. The van der Waals surface area contributed by atoms with E-state index in [-0.39, 0.29) is 6.04 Å². The molecule has 0 bridgehead atoms. The molecule has 1 aliphatic carbocycles. The first-order valence-electron chi connectivity index (χ1n) is 10.5. The number of benzene rings is 1. The van der Waals surface area contributed by atoms with Crippen molar-refractivity contribution in [2.45, 2.75) is 55.9 Å². The Hall–Kier alpha value is -1.96. The summed E-state index contributed by atoms with van der Waals surface area (Å²) < 4.78 is 30.4. The highest BCUT2D eigenvalue weighted by atomic mass is 35.5. The van der Waals surface area contributed by atoms with Crippen LogP contribution in [0, 0.1) is 6.92 Å². The predicted molar refractivity (Wildman–Crippen MR) is 117 cm³/mol. The van der Waals surface area contributed by atoms with Crippen molar-refractivity contribution in [3.63, 3.8) is 0 Å². The highest BCUT2D eigenvalue weighted by Crippen LogP contribution is 2.40. The van der Waals surface area contributed by atoms with Crippen LogP contribution in [-0.4, -0.2) is 40.3 Å². The molecule has 3 aromatic rings. The molecule has 2 aromatic heterocycles. The van der Waals surface area contributed by atoms with Crippen molar-refractivity contribution in [2.24, 2.45) is 0 Å². The number of hydrogen-bond donors (Lipinski definition) is 0. The van der Waals surface area contributed by atoms with Crippen LogP contribution in [0.2, 0.25) is 5.02 Å².